The van der Waals surface area contributed by atoms with E-state index in [-0.39, 0.29) is 0 Å². The molecule has 0 aromatic carbocycles. The summed E-state index contributed by atoms with van der Waals surface area (Å²) in [6.45, 7) is 3.23. The number of pyridine rings is 1. The predicted molar refractivity (Wildman–Crippen MR) is 59.9 cm³/mol. The van der Waals surface area contributed by atoms with Crippen LogP contribution in [-0.2, 0) is 0 Å². The number of hydrogen-bond acceptors (Lipinski definition) is 2. The Labute approximate surface area is 89.1 Å². The smallest absolute Gasteiger partial charge is 0.130 e. The Bertz CT molecular complexity index is 481. The molecule has 1 unspecified atom stereocenters. The topological polar surface area (TPSA) is 29.3 Å². The first-order valence-corrected chi connectivity index (χ1v) is 5.51. The van der Waals surface area contributed by atoms with Gasteiger partial charge in [0.05, 0.1) is 17.8 Å². The lowest BCUT2D eigenvalue weighted by Crippen LogP contribution is -2.15. The third kappa shape index (κ3) is 1.43. The third-order valence-electron chi connectivity index (χ3n) is 3.09. The molecule has 0 bridgehead atoms. The average Bonchev–Trinajstić information content (AvgIpc) is 2.82. The van der Waals surface area contributed by atoms with Crippen LogP contribution in [0.1, 0.15) is 30.3 Å². The standard InChI is InChI=1S/C12H15N3/c1-9-4-6-15-10(7-9)8-14-12(15)11-3-2-5-13-11/h4,6-8,11,13H,2-3,5H2,1H3. The zero-order valence-corrected chi connectivity index (χ0v) is 8.90. The lowest BCUT2D eigenvalue weighted by Gasteiger charge is -2.08. The molecule has 3 rings (SSSR count). The van der Waals surface area contributed by atoms with Crippen LogP contribution in [-0.4, -0.2) is 15.9 Å². The molecule has 1 atom stereocenters. The van der Waals surface area contributed by atoms with Gasteiger partial charge in [-0.05, 0) is 44.0 Å². The number of aryl methyl sites for hydroxylation is 1. The van der Waals surface area contributed by atoms with Gasteiger partial charge in [0.25, 0.3) is 0 Å². The fourth-order valence-corrected chi connectivity index (χ4v) is 2.29. The monoisotopic (exact) mass is 201 g/mol. The van der Waals surface area contributed by atoms with Gasteiger partial charge < -0.3 is 9.72 Å². The van der Waals surface area contributed by atoms with E-state index in [4.69, 9.17) is 0 Å². The van der Waals surface area contributed by atoms with E-state index in [1.165, 1.54) is 23.9 Å². The SMILES string of the molecule is Cc1ccn2c(C3CCCN3)ncc2c1. The molecule has 15 heavy (non-hydrogen) atoms. The number of hydrogen-bond donors (Lipinski definition) is 1. The van der Waals surface area contributed by atoms with Crippen molar-refractivity contribution in [2.24, 2.45) is 0 Å². The van der Waals surface area contributed by atoms with Gasteiger partial charge in [-0.15, -0.1) is 0 Å². The van der Waals surface area contributed by atoms with Gasteiger partial charge in [0.2, 0.25) is 0 Å². The summed E-state index contributed by atoms with van der Waals surface area (Å²) in [5, 5.41) is 3.48. The molecular formula is C12H15N3. The first-order valence-electron chi connectivity index (χ1n) is 5.51. The van der Waals surface area contributed by atoms with Crippen molar-refractivity contribution in [3.63, 3.8) is 0 Å². The van der Waals surface area contributed by atoms with Crippen LogP contribution in [0, 0.1) is 6.92 Å². The molecule has 0 radical (unpaired) electrons. The lowest BCUT2D eigenvalue weighted by atomic mass is 10.2. The van der Waals surface area contributed by atoms with Crippen LogP contribution in [0.2, 0.25) is 0 Å². The van der Waals surface area contributed by atoms with Gasteiger partial charge in [0.1, 0.15) is 5.82 Å². The fraction of sp³-hybridized carbons (Fsp3) is 0.417. The zero-order valence-electron chi connectivity index (χ0n) is 8.90. The minimum Gasteiger partial charge on any atom is -0.307 e. The van der Waals surface area contributed by atoms with Crippen LogP contribution in [0.5, 0.6) is 0 Å². The number of fused-ring (bicyclic) bond motifs is 1. The van der Waals surface area contributed by atoms with Crippen molar-refractivity contribution in [1.29, 1.82) is 0 Å². The maximum absolute atomic E-state index is 4.52. The molecule has 1 aliphatic heterocycles. The molecule has 1 saturated heterocycles. The molecule has 0 amide bonds. The largest absolute Gasteiger partial charge is 0.307 e. The molecule has 3 nitrogen and oxygen atoms in total. The van der Waals surface area contributed by atoms with Gasteiger partial charge in [-0.3, -0.25) is 0 Å². The van der Waals surface area contributed by atoms with E-state index in [0.29, 0.717) is 6.04 Å². The molecule has 2 aromatic heterocycles. The minimum absolute atomic E-state index is 0.440. The van der Waals surface area contributed by atoms with Crippen molar-refractivity contribution >= 4 is 5.52 Å². The average molecular weight is 201 g/mol. The summed E-state index contributed by atoms with van der Waals surface area (Å²) in [7, 11) is 0. The summed E-state index contributed by atoms with van der Waals surface area (Å²) >= 11 is 0. The van der Waals surface area contributed by atoms with Gasteiger partial charge in [-0.2, -0.15) is 0 Å². The van der Waals surface area contributed by atoms with Crippen molar-refractivity contribution in [3.8, 4) is 0 Å². The molecular weight excluding hydrogens is 186 g/mol. The molecule has 1 fully saturated rings. The molecule has 2 aromatic rings. The van der Waals surface area contributed by atoms with E-state index in [9.17, 15) is 0 Å². The van der Waals surface area contributed by atoms with E-state index < -0.39 is 0 Å². The van der Waals surface area contributed by atoms with Crippen LogP contribution in [0.4, 0.5) is 0 Å². The molecule has 3 heteroatoms. The number of aromatic nitrogens is 2. The number of nitrogens with zero attached hydrogens (tertiary/aromatic N) is 2. The highest BCUT2D eigenvalue weighted by atomic mass is 15.1. The second-order valence-electron chi connectivity index (χ2n) is 4.26. The molecule has 1 N–H and O–H groups in total. The van der Waals surface area contributed by atoms with Gasteiger partial charge >= 0.3 is 0 Å². The summed E-state index contributed by atoms with van der Waals surface area (Å²) in [5.41, 5.74) is 2.48. The normalized spacial score (nSPS) is 21.3. The maximum atomic E-state index is 4.52. The molecule has 1 aliphatic rings. The summed E-state index contributed by atoms with van der Waals surface area (Å²) in [6, 6.07) is 4.74. The zero-order chi connectivity index (χ0) is 10.3. The van der Waals surface area contributed by atoms with Gasteiger partial charge in [0, 0.05) is 6.20 Å². The predicted octanol–water partition coefficient (Wildman–Crippen LogP) is 2.07. The Morgan fingerprint density at radius 1 is 1.53 bits per heavy atom. The van der Waals surface area contributed by atoms with Gasteiger partial charge in [-0.25, -0.2) is 4.98 Å². The van der Waals surface area contributed by atoms with Crippen molar-refractivity contribution in [2.75, 3.05) is 6.54 Å². The molecule has 0 spiro atoms. The molecule has 0 aliphatic carbocycles. The highest BCUT2D eigenvalue weighted by Crippen LogP contribution is 2.22. The number of imidazole rings is 1. The fourth-order valence-electron chi connectivity index (χ4n) is 2.29. The van der Waals surface area contributed by atoms with Crippen LogP contribution in [0.15, 0.2) is 24.5 Å². The first-order chi connectivity index (χ1) is 7.34. The lowest BCUT2D eigenvalue weighted by molar-refractivity contribution is 0.602. The third-order valence-corrected chi connectivity index (χ3v) is 3.09. The quantitative estimate of drug-likeness (QED) is 0.765. The van der Waals surface area contributed by atoms with Crippen molar-refractivity contribution in [1.82, 2.24) is 14.7 Å². The van der Waals surface area contributed by atoms with E-state index in [1.54, 1.807) is 0 Å². The van der Waals surface area contributed by atoms with E-state index >= 15 is 0 Å². The van der Waals surface area contributed by atoms with Crippen LogP contribution >= 0.6 is 0 Å². The molecule has 78 valence electrons. The second-order valence-corrected chi connectivity index (χ2v) is 4.26. The Balaban J connectivity index is 2.11. The number of rotatable bonds is 1. The van der Waals surface area contributed by atoms with E-state index in [1.807, 2.05) is 6.20 Å². The Morgan fingerprint density at radius 2 is 2.47 bits per heavy atom. The summed E-state index contributed by atoms with van der Waals surface area (Å²) in [4.78, 5) is 4.52. The summed E-state index contributed by atoms with van der Waals surface area (Å²) < 4.78 is 2.19. The Morgan fingerprint density at radius 3 is 3.27 bits per heavy atom. The van der Waals surface area contributed by atoms with E-state index in [0.717, 1.165) is 12.4 Å². The van der Waals surface area contributed by atoms with Crippen molar-refractivity contribution in [3.05, 3.63) is 35.9 Å². The van der Waals surface area contributed by atoms with Crippen molar-refractivity contribution in [2.45, 2.75) is 25.8 Å². The summed E-state index contributed by atoms with van der Waals surface area (Å²) in [6.07, 6.45) is 6.54. The van der Waals surface area contributed by atoms with Crippen molar-refractivity contribution < 1.29 is 0 Å². The second kappa shape index (κ2) is 3.35. The van der Waals surface area contributed by atoms with Gasteiger partial charge in [0.15, 0.2) is 0 Å². The highest BCUT2D eigenvalue weighted by molar-refractivity contribution is 5.48. The number of nitrogens with one attached hydrogen (secondary N) is 1. The van der Waals surface area contributed by atoms with Crippen LogP contribution in [0.25, 0.3) is 5.52 Å². The molecule has 3 heterocycles. The molecule has 0 saturated carbocycles. The van der Waals surface area contributed by atoms with Crippen LogP contribution in [0.3, 0.4) is 0 Å². The van der Waals surface area contributed by atoms with Gasteiger partial charge in [-0.1, -0.05) is 0 Å². The maximum Gasteiger partial charge on any atom is 0.130 e. The minimum atomic E-state index is 0.440. The first kappa shape index (κ1) is 8.92. The highest BCUT2D eigenvalue weighted by Gasteiger charge is 2.20. The van der Waals surface area contributed by atoms with E-state index in [2.05, 4.69) is 40.0 Å². The van der Waals surface area contributed by atoms with Crippen LogP contribution < -0.4 is 5.32 Å². The Hall–Kier alpha value is -1.35. The summed E-state index contributed by atoms with van der Waals surface area (Å²) in [5.74, 6) is 1.16. The Kier molecular flexibility index (Phi) is 1.99.